The average molecular weight is 396 g/mol. The highest BCUT2D eigenvalue weighted by Crippen LogP contribution is 2.21. The Kier molecular flexibility index (Phi) is 6.50. The molecule has 3 aromatic rings. The molecule has 0 aliphatic heterocycles. The molecule has 0 aliphatic rings. The third-order valence-electron chi connectivity index (χ3n) is 4.35. The van der Waals surface area contributed by atoms with Crippen molar-refractivity contribution in [2.24, 2.45) is 0 Å². The van der Waals surface area contributed by atoms with Crippen LogP contribution in [0.5, 0.6) is 5.75 Å². The molecule has 6 heteroatoms. The molecule has 1 heterocycles. The minimum Gasteiger partial charge on any atom is -0.496 e. The molecule has 0 fully saturated rings. The molecule has 28 heavy (non-hydrogen) atoms. The summed E-state index contributed by atoms with van der Waals surface area (Å²) in [6, 6.07) is 15.1. The van der Waals surface area contributed by atoms with Crippen LogP contribution >= 0.6 is 11.6 Å². The second-order valence-corrected chi connectivity index (χ2v) is 6.80. The molecule has 0 spiro atoms. The van der Waals surface area contributed by atoms with Crippen LogP contribution in [0.2, 0.25) is 5.02 Å². The van der Waals surface area contributed by atoms with Crippen molar-refractivity contribution >= 4 is 28.9 Å². The van der Waals surface area contributed by atoms with Crippen LogP contribution in [0.25, 0.3) is 0 Å². The van der Waals surface area contributed by atoms with Gasteiger partial charge < -0.3 is 15.4 Å². The number of pyridine rings is 1. The number of nitrogens with one attached hydrogen (secondary N) is 2. The summed E-state index contributed by atoms with van der Waals surface area (Å²) in [4.78, 5) is 16.7. The van der Waals surface area contributed by atoms with Gasteiger partial charge >= 0.3 is 0 Å². The monoisotopic (exact) mass is 395 g/mol. The summed E-state index contributed by atoms with van der Waals surface area (Å²) in [5, 5.41) is 6.84. The maximum Gasteiger partial charge on any atom is 0.257 e. The fraction of sp³-hybridized carbons (Fsp3) is 0.182. The van der Waals surface area contributed by atoms with Gasteiger partial charge in [0.05, 0.1) is 18.4 Å². The lowest BCUT2D eigenvalue weighted by Gasteiger charge is -2.11. The van der Waals surface area contributed by atoms with E-state index in [1.165, 1.54) is 0 Å². The minimum absolute atomic E-state index is 0.216. The Morgan fingerprint density at radius 3 is 2.75 bits per heavy atom. The van der Waals surface area contributed by atoms with Crippen LogP contribution in [-0.4, -0.2) is 24.5 Å². The Balaban J connectivity index is 1.62. The summed E-state index contributed by atoms with van der Waals surface area (Å²) < 4.78 is 5.37. The van der Waals surface area contributed by atoms with Gasteiger partial charge in [-0.1, -0.05) is 29.8 Å². The summed E-state index contributed by atoms with van der Waals surface area (Å²) >= 11 is 5.96. The molecule has 0 aliphatic carbocycles. The number of aromatic nitrogens is 1. The van der Waals surface area contributed by atoms with Crippen molar-refractivity contribution in [3.63, 3.8) is 0 Å². The molecule has 144 valence electrons. The second kappa shape index (κ2) is 9.24. The zero-order chi connectivity index (χ0) is 19.9. The highest BCUT2D eigenvalue weighted by Gasteiger charge is 2.10. The molecule has 3 rings (SSSR count). The Morgan fingerprint density at radius 1 is 1.14 bits per heavy atom. The number of carbonyl (C=O) groups excluding carboxylic acids is 1. The van der Waals surface area contributed by atoms with E-state index in [0.717, 1.165) is 34.7 Å². The number of methoxy groups -OCH3 is 1. The highest BCUT2D eigenvalue weighted by molar-refractivity contribution is 6.30. The molecule has 0 saturated carbocycles. The molecule has 0 unspecified atom stereocenters. The lowest BCUT2D eigenvalue weighted by atomic mass is 10.1. The van der Waals surface area contributed by atoms with Crippen molar-refractivity contribution in [1.29, 1.82) is 0 Å². The number of carbonyl (C=O) groups is 1. The fourth-order valence-corrected chi connectivity index (χ4v) is 3.10. The van der Waals surface area contributed by atoms with Crippen LogP contribution in [0.15, 0.2) is 60.9 Å². The van der Waals surface area contributed by atoms with Crippen molar-refractivity contribution in [2.45, 2.75) is 13.3 Å². The van der Waals surface area contributed by atoms with Gasteiger partial charge in [0.1, 0.15) is 5.75 Å². The van der Waals surface area contributed by atoms with E-state index in [0.29, 0.717) is 17.1 Å². The summed E-state index contributed by atoms with van der Waals surface area (Å²) in [6.07, 6.45) is 4.04. The Morgan fingerprint density at radius 2 is 1.96 bits per heavy atom. The van der Waals surface area contributed by atoms with Crippen LogP contribution in [-0.2, 0) is 6.42 Å². The van der Waals surface area contributed by atoms with E-state index in [-0.39, 0.29) is 5.91 Å². The first-order valence-corrected chi connectivity index (χ1v) is 9.33. The maximum absolute atomic E-state index is 12.6. The predicted octanol–water partition coefficient (Wildman–Crippen LogP) is 4.96. The molecule has 0 bridgehead atoms. The molecule has 0 saturated heterocycles. The van der Waals surface area contributed by atoms with E-state index >= 15 is 0 Å². The summed E-state index contributed by atoms with van der Waals surface area (Å²) in [5.74, 6) is 0.653. The lowest BCUT2D eigenvalue weighted by molar-refractivity contribution is 0.102. The fourth-order valence-electron chi connectivity index (χ4n) is 2.87. The molecule has 0 atom stereocenters. The molecule has 2 N–H and O–H groups in total. The normalized spacial score (nSPS) is 10.4. The van der Waals surface area contributed by atoms with Crippen molar-refractivity contribution in [2.75, 3.05) is 24.3 Å². The number of nitrogens with zero attached hydrogens (tertiary/aromatic N) is 1. The maximum atomic E-state index is 12.6. The molecule has 0 radical (unpaired) electrons. The summed E-state index contributed by atoms with van der Waals surface area (Å²) in [6.45, 7) is 2.60. The lowest BCUT2D eigenvalue weighted by Crippen LogP contribution is -2.14. The van der Waals surface area contributed by atoms with Gasteiger partial charge in [0.15, 0.2) is 0 Å². The first kappa shape index (κ1) is 19.7. The summed E-state index contributed by atoms with van der Waals surface area (Å²) in [5.41, 5.74) is 4.02. The third kappa shape index (κ3) is 5.02. The zero-order valence-electron chi connectivity index (χ0n) is 15.8. The SMILES string of the molecule is COc1ccccc1CCNc1cncc(C(=O)Nc2ccc(Cl)cc2C)c1. The molecule has 1 aromatic heterocycles. The number of para-hydroxylation sites is 1. The molecule has 2 aromatic carbocycles. The Hall–Kier alpha value is -3.05. The quantitative estimate of drug-likeness (QED) is 0.593. The second-order valence-electron chi connectivity index (χ2n) is 6.36. The largest absolute Gasteiger partial charge is 0.496 e. The number of amides is 1. The van der Waals surface area contributed by atoms with Crippen LogP contribution in [0.1, 0.15) is 21.5 Å². The van der Waals surface area contributed by atoms with Crippen molar-refractivity contribution in [3.05, 3.63) is 82.6 Å². The molecular formula is C22H22ClN3O2. The third-order valence-corrected chi connectivity index (χ3v) is 4.59. The van der Waals surface area contributed by atoms with Gasteiger partial charge in [0.25, 0.3) is 5.91 Å². The van der Waals surface area contributed by atoms with E-state index in [1.807, 2.05) is 37.3 Å². The average Bonchev–Trinajstić information content (AvgIpc) is 2.70. The van der Waals surface area contributed by atoms with Gasteiger partial charge in [-0.25, -0.2) is 0 Å². The number of anilines is 2. The Bertz CT molecular complexity index is 976. The van der Waals surface area contributed by atoms with Crippen LogP contribution in [0, 0.1) is 6.92 Å². The van der Waals surface area contributed by atoms with Gasteiger partial charge in [-0.3, -0.25) is 9.78 Å². The first-order valence-electron chi connectivity index (χ1n) is 8.95. The van der Waals surface area contributed by atoms with Crippen molar-refractivity contribution in [3.8, 4) is 5.75 Å². The topological polar surface area (TPSA) is 63.2 Å². The van der Waals surface area contributed by atoms with Gasteiger partial charge in [0, 0.05) is 29.6 Å². The van der Waals surface area contributed by atoms with E-state index < -0.39 is 0 Å². The standard InChI is InChI=1S/C22H22ClN3O2/c1-15-11-18(23)7-8-20(15)26-22(27)17-12-19(14-24-13-17)25-10-9-16-5-3-4-6-21(16)28-2/h3-8,11-14,25H,9-10H2,1-2H3,(H,26,27). The van der Waals surface area contributed by atoms with E-state index in [2.05, 4.69) is 15.6 Å². The van der Waals surface area contributed by atoms with Crippen LogP contribution < -0.4 is 15.4 Å². The van der Waals surface area contributed by atoms with Crippen molar-refractivity contribution in [1.82, 2.24) is 4.98 Å². The molecule has 1 amide bonds. The van der Waals surface area contributed by atoms with E-state index in [4.69, 9.17) is 16.3 Å². The molecular weight excluding hydrogens is 374 g/mol. The number of ether oxygens (including phenoxy) is 1. The zero-order valence-corrected chi connectivity index (χ0v) is 16.6. The smallest absolute Gasteiger partial charge is 0.257 e. The Labute approximate surface area is 169 Å². The van der Waals surface area contributed by atoms with Gasteiger partial charge in [-0.05, 0) is 54.8 Å². The van der Waals surface area contributed by atoms with Gasteiger partial charge in [0.2, 0.25) is 0 Å². The first-order chi connectivity index (χ1) is 13.6. The number of aryl methyl sites for hydroxylation is 1. The van der Waals surface area contributed by atoms with E-state index in [9.17, 15) is 4.79 Å². The number of halogens is 1. The number of benzene rings is 2. The van der Waals surface area contributed by atoms with E-state index in [1.54, 1.807) is 37.7 Å². The number of hydrogen-bond donors (Lipinski definition) is 2. The van der Waals surface area contributed by atoms with Crippen molar-refractivity contribution < 1.29 is 9.53 Å². The van der Waals surface area contributed by atoms with Crippen LogP contribution in [0.4, 0.5) is 11.4 Å². The highest BCUT2D eigenvalue weighted by atomic mass is 35.5. The minimum atomic E-state index is -0.216. The number of hydrogen-bond acceptors (Lipinski definition) is 4. The van der Waals surface area contributed by atoms with Crippen LogP contribution in [0.3, 0.4) is 0 Å². The van der Waals surface area contributed by atoms with Gasteiger partial charge in [-0.15, -0.1) is 0 Å². The molecule has 5 nitrogen and oxygen atoms in total. The predicted molar refractivity (Wildman–Crippen MR) is 114 cm³/mol. The van der Waals surface area contributed by atoms with Gasteiger partial charge in [-0.2, -0.15) is 0 Å². The summed E-state index contributed by atoms with van der Waals surface area (Å²) in [7, 11) is 1.67. The number of rotatable bonds is 7.